The van der Waals surface area contributed by atoms with Gasteiger partial charge in [-0.2, -0.15) is 0 Å². The zero-order chi connectivity index (χ0) is 13.9. The minimum absolute atomic E-state index is 0.412. The number of nitrogens with one attached hydrogen (secondary N) is 1. The highest BCUT2D eigenvalue weighted by atomic mass is 19.1. The average Bonchev–Trinajstić information content (AvgIpc) is 2.48. The number of hydrazine groups is 1. The molecule has 0 spiro atoms. The second-order valence-corrected chi connectivity index (χ2v) is 4.41. The quantitative estimate of drug-likeness (QED) is 0.657. The highest BCUT2D eigenvalue weighted by molar-refractivity contribution is 5.51. The van der Waals surface area contributed by atoms with Crippen LogP contribution in [0.15, 0.2) is 36.7 Å². The van der Waals surface area contributed by atoms with Crippen LogP contribution in [0.1, 0.15) is 17.2 Å². The van der Waals surface area contributed by atoms with E-state index in [2.05, 4.69) is 10.4 Å². The largest absolute Gasteiger partial charge is 0.486 e. The van der Waals surface area contributed by atoms with Crippen LogP contribution >= 0.6 is 0 Å². The van der Waals surface area contributed by atoms with Crippen LogP contribution in [0.25, 0.3) is 0 Å². The van der Waals surface area contributed by atoms with E-state index in [-0.39, 0.29) is 0 Å². The molecule has 1 aliphatic rings. The number of fused-ring (bicyclic) bond motifs is 1. The summed E-state index contributed by atoms with van der Waals surface area (Å²) in [6.07, 6.45) is 2.72. The summed E-state index contributed by atoms with van der Waals surface area (Å²) < 4.78 is 24.5. The number of benzene rings is 1. The Bertz CT molecular complexity index is 621. The molecule has 0 saturated carbocycles. The molecule has 0 aliphatic carbocycles. The van der Waals surface area contributed by atoms with Crippen molar-refractivity contribution in [2.24, 2.45) is 5.84 Å². The van der Waals surface area contributed by atoms with Crippen molar-refractivity contribution in [3.05, 3.63) is 53.6 Å². The monoisotopic (exact) mass is 275 g/mol. The number of aromatic nitrogens is 1. The maximum atomic E-state index is 13.3. The number of rotatable bonds is 3. The third kappa shape index (κ3) is 2.31. The SMILES string of the molecule is NNC(c1cncc(F)c1)c1cccc2c1OCCO2. The average molecular weight is 275 g/mol. The number of nitrogens with two attached hydrogens (primary N) is 1. The van der Waals surface area contributed by atoms with E-state index in [1.165, 1.54) is 6.07 Å². The lowest BCUT2D eigenvalue weighted by molar-refractivity contribution is 0.169. The zero-order valence-electron chi connectivity index (χ0n) is 10.7. The van der Waals surface area contributed by atoms with Crippen molar-refractivity contribution in [3.63, 3.8) is 0 Å². The van der Waals surface area contributed by atoms with Gasteiger partial charge in [0.2, 0.25) is 0 Å². The van der Waals surface area contributed by atoms with Gasteiger partial charge in [0.1, 0.15) is 19.0 Å². The van der Waals surface area contributed by atoms with E-state index in [4.69, 9.17) is 15.3 Å². The Kier molecular flexibility index (Phi) is 3.49. The van der Waals surface area contributed by atoms with Crippen molar-refractivity contribution in [3.8, 4) is 11.5 Å². The summed E-state index contributed by atoms with van der Waals surface area (Å²) >= 11 is 0. The first kappa shape index (κ1) is 12.8. The van der Waals surface area contributed by atoms with Gasteiger partial charge in [-0.15, -0.1) is 0 Å². The Labute approximate surface area is 115 Å². The van der Waals surface area contributed by atoms with E-state index in [0.29, 0.717) is 30.3 Å². The molecule has 0 bridgehead atoms. The molecule has 3 N–H and O–H groups in total. The fraction of sp³-hybridized carbons (Fsp3) is 0.214. The highest BCUT2D eigenvalue weighted by Gasteiger charge is 2.23. The van der Waals surface area contributed by atoms with E-state index in [1.807, 2.05) is 18.2 Å². The minimum Gasteiger partial charge on any atom is -0.486 e. The smallest absolute Gasteiger partial charge is 0.166 e. The molecule has 1 aromatic heterocycles. The zero-order valence-corrected chi connectivity index (χ0v) is 10.7. The molecule has 2 aromatic rings. The molecule has 2 heterocycles. The third-order valence-electron chi connectivity index (χ3n) is 3.13. The Morgan fingerprint density at radius 1 is 1.25 bits per heavy atom. The van der Waals surface area contributed by atoms with Gasteiger partial charge >= 0.3 is 0 Å². The number of para-hydroxylation sites is 1. The van der Waals surface area contributed by atoms with Crippen LogP contribution in [-0.2, 0) is 0 Å². The van der Waals surface area contributed by atoms with E-state index >= 15 is 0 Å². The molecule has 1 aromatic carbocycles. The summed E-state index contributed by atoms with van der Waals surface area (Å²) in [4.78, 5) is 3.85. The summed E-state index contributed by atoms with van der Waals surface area (Å²) in [6.45, 7) is 0.987. The summed E-state index contributed by atoms with van der Waals surface area (Å²) in [5.74, 6) is 6.51. The molecule has 1 unspecified atom stereocenters. The first-order valence-electron chi connectivity index (χ1n) is 6.24. The molecular formula is C14H14FN3O2. The van der Waals surface area contributed by atoms with Crippen molar-refractivity contribution in [2.75, 3.05) is 13.2 Å². The first-order valence-corrected chi connectivity index (χ1v) is 6.24. The van der Waals surface area contributed by atoms with Gasteiger partial charge in [0.15, 0.2) is 11.5 Å². The molecule has 5 nitrogen and oxygen atoms in total. The van der Waals surface area contributed by atoms with Gasteiger partial charge in [-0.1, -0.05) is 12.1 Å². The van der Waals surface area contributed by atoms with Crippen LogP contribution in [-0.4, -0.2) is 18.2 Å². The molecule has 6 heteroatoms. The molecule has 0 fully saturated rings. The third-order valence-corrected chi connectivity index (χ3v) is 3.13. The van der Waals surface area contributed by atoms with Gasteiger partial charge < -0.3 is 9.47 Å². The topological polar surface area (TPSA) is 69.4 Å². The van der Waals surface area contributed by atoms with Gasteiger partial charge in [-0.25, -0.2) is 9.82 Å². The summed E-state index contributed by atoms with van der Waals surface area (Å²) in [5, 5.41) is 0. The number of hydrogen-bond acceptors (Lipinski definition) is 5. The Morgan fingerprint density at radius 2 is 2.10 bits per heavy atom. The summed E-state index contributed by atoms with van der Waals surface area (Å²) in [5.41, 5.74) is 4.08. The van der Waals surface area contributed by atoms with Gasteiger partial charge in [-0.3, -0.25) is 10.8 Å². The Hall–Kier alpha value is -2.18. The lowest BCUT2D eigenvalue weighted by Gasteiger charge is -2.25. The second-order valence-electron chi connectivity index (χ2n) is 4.41. The number of halogens is 1. The van der Waals surface area contributed by atoms with Crippen molar-refractivity contribution in [1.29, 1.82) is 0 Å². The van der Waals surface area contributed by atoms with Crippen LogP contribution in [0.4, 0.5) is 4.39 Å². The van der Waals surface area contributed by atoms with Crippen LogP contribution in [0.5, 0.6) is 11.5 Å². The number of pyridine rings is 1. The first-order chi connectivity index (χ1) is 9.79. The predicted octanol–water partition coefficient (Wildman–Crippen LogP) is 1.54. The fourth-order valence-electron chi connectivity index (χ4n) is 2.28. The molecule has 0 radical (unpaired) electrons. The lowest BCUT2D eigenvalue weighted by atomic mass is 9.99. The van der Waals surface area contributed by atoms with Gasteiger partial charge in [-0.05, 0) is 17.7 Å². The van der Waals surface area contributed by atoms with Crippen LogP contribution in [0, 0.1) is 5.82 Å². The predicted molar refractivity (Wildman–Crippen MR) is 70.8 cm³/mol. The van der Waals surface area contributed by atoms with Crippen molar-refractivity contribution >= 4 is 0 Å². The molecule has 0 amide bonds. The molecule has 0 saturated heterocycles. The van der Waals surface area contributed by atoms with Crippen LogP contribution < -0.4 is 20.7 Å². The Morgan fingerprint density at radius 3 is 2.90 bits per heavy atom. The standard InChI is InChI=1S/C14H14FN3O2/c15-10-6-9(7-17-8-10)13(18-16)11-2-1-3-12-14(11)20-5-4-19-12/h1-3,6-8,13,18H,4-5,16H2. The van der Waals surface area contributed by atoms with E-state index < -0.39 is 11.9 Å². The molecule has 1 aliphatic heterocycles. The summed E-state index contributed by atoms with van der Waals surface area (Å²) in [7, 11) is 0. The Balaban J connectivity index is 2.06. The van der Waals surface area contributed by atoms with Crippen molar-refractivity contribution in [2.45, 2.75) is 6.04 Å². The molecular weight excluding hydrogens is 261 g/mol. The van der Waals surface area contributed by atoms with Gasteiger partial charge in [0.05, 0.1) is 12.2 Å². The second kappa shape index (κ2) is 5.44. The van der Waals surface area contributed by atoms with Crippen molar-refractivity contribution in [1.82, 2.24) is 10.4 Å². The summed E-state index contributed by atoms with van der Waals surface area (Å²) in [6, 6.07) is 6.51. The molecule has 104 valence electrons. The minimum atomic E-state index is -0.421. The van der Waals surface area contributed by atoms with Crippen LogP contribution in [0.3, 0.4) is 0 Å². The van der Waals surface area contributed by atoms with E-state index in [9.17, 15) is 4.39 Å². The molecule has 20 heavy (non-hydrogen) atoms. The van der Waals surface area contributed by atoms with Gasteiger partial charge in [0, 0.05) is 11.8 Å². The highest BCUT2D eigenvalue weighted by Crippen LogP contribution is 2.38. The van der Waals surface area contributed by atoms with Gasteiger partial charge in [0.25, 0.3) is 0 Å². The number of ether oxygens (including phenoxy) is 2. The molecule has 3 rings (SSSR count). The van der Waals surface area contributed by atoms with E-state index in [0.717, 1.165) is 11.8 Å². The number of hydrogen-bond donors (Lipinski definition) is 2. The maximum absolute atomic E-state index is 13.3. The normalized spacial score (nSPS) is 14.9. The van der Waals surface area contributed by atoms with E-state index in [1.54, 1.807) is 6.20 Å². The maximum Gasteiger partial charge on any atom is 0.166 e. The number of nitrogens with zero attached hydrogens (tertiary/aromatic N) is 1. The fourth-order valence-corrected chi connectivity index (χ4v) is 2.28. The van der Waals surface area contributed by atoms with Crippen molar-refractivity contribution < 1.29 is 13.9 Å². The lowest BCUT2D eigenvalue weighted by Crippen LogP contribution is -2.30. The molecule has 1 atom stereocenters. The van der Waals surface area contributed by atoms with Crippen LogP contribution in [0.2, 0.25) is 0 Å².